The molecule has 2 nitrogen and oxygen atoms in total. The number of nitrogens with one attached hydrogen (secondary N) is 1. The fourth-order valence-corrected chi connectivity index (χ4v) is 4.30. The van der Waals surface area contributed by atoms with Gasteiger partial charge < -0.3 is 10.2 Å². The lowest BCUT2D eigenvalue weighted by Crippen LogP contribution is -2.42. The molecule has 20 heavy (non-hydrogen) atoms. The molecule has 4 heteroatoms. The van der Waals surface area contributed by atoms with Crippen molar-refractivity contribution in [3.8, 4) is 0 Å². The normalized spacial score (nSPS) is 29.9. The van der Waals surface area contributed by atoms with Crippen LogP contribution < -0.4 is 5.32 Å². The first kappa shape index (κ1) is 14.8. The molecule has 2 aliphatic heterocycles. The van der Waals surface area contributed by atoms with Crippen molar-refractivity contribution in [2.45, 2.75) is 44.3 Å². The van der Waals surface area contributed by atoms with Crippen LogP contribution in [0.2, 0.25) is 5.02 Å². The summed E-state index contributed by atoms with van der Waals surface area (Å²) in [5.74, 6) is 0.847. The van der Waals surface area contributed by atoms with Gasteiger partial charge in [-0.05, 0) is 78.8 Å². The zero-order chi connectivity index (χ0) is 14.1. The molecule has 2 saturated heterocycles. The average molecular weight is 358 g/mol. The number of hydrogen-bond acceptors (Lipinski definition) is 2. The quantitative estimate of drug-likeness (QED) is 0.874. The summed E-state index contributed by atoms with van der Waals surface area (Å²) in [5.41, 5.74) is 1.29. The molecule has 0 spiro atoms. The standard InChI is InChI=1S/C16H22BrClN2/c1-20-13-3-4-14(20)7-12(6-13)10-19-9-11-2-5-16(18)15(17)8-11/h2,5,8,12-14,19H,3-4,6-7,9-10H2,1H3. The van der Waals surface area contributed by atoms with E-state index < -0.39 is 0 Å². The summed E-state index contributed by atoms with van der Waals surface area (Å²) in [6.45, 7) is 2.07. The van der Waals surface area contributed by atoms with E-state index in [0.29, 0.717) is 0 Å². The topological polar surface area (TPSA) is 15.3 Å². The highest BCUT2D eigenvalue weighted by Crippen LogP contribution is 2.37. The fourth-order valence-electron chi connectivity index (χ4n) is 3.76. The van der Waals surface area contributed by atoms with Gasteiger partial charge in [-0.1, -0.05) is 17.7 Å². The lowest BCUT2D eigenvalue weighted by atomic mass is 9.91. The molecule has 1 N–H and O–H groups in total. The molecule has 1 aromatic carbocycles. The predicted octanol–water partition coefficient (Wildman–Crippen LogP) is 4.06. The molecule has 0 radical (unpaired) electrons. The van der Waals surface area contributed by atoms with Crippen molar-refractivity contribution in [2.24, 2.45) is 5.92 Å². The molecule has 3 rings (SSSR count). The van der Waals surface area contributed by atoms with Crippen LogP contribution in [0.1, 0.15) is 31.2 Å². The van der Waals surface area contributed by atoms with E-state index in [4.69, 9.17) is 11.6 Å². The van der Waals surface area contributed by atoms with Crippen molar-refractivity contribution in [3.05, 3.63) is 33.3 Å². The maximum Gasteiger partial charge on any atom is 0.0548 e. The average Bonchev–Trinajstić information content (AvgIpc) is 2.65. The number of benzene rings is 1. The Hall–Kier alpha value is -0.0900. The van der Waals surface area contributed by atoms with Gasteiger partial charge >= 0.3 is 0 Å². The van der Waals surface area contributed by atoms with Crippen LogP contribution in [-0.2, 0) is 6.54 Å². The van der Waals surface area contributed by atoms with E-state index in [0.717, 1.165) is 40.6 Å². The predicted molar refractivity (Wildman–Crippen MR) is 88.2 cm³/mol. The van der Waals surface area contributed by atoms with Crippen LogP contribution in [0.5, 0.6) is 0 Å². The number of fused-ring (bicyclic) bond motifs is 2. The molecule has 0 saturated carbocycles. The Labute approximate surface area is 135 Å². The molecule has 0 amide bonds. The Morgan fingerprint density at radius 3 is 2.65 bits per heavy atom. The highest BCUT2D eigenvalue weighted by atomic mass is 79.9. The first-order chi connectivity index (χ1) is 9.63. The Morgan fingerprint density at radius 2 is 2.00 bits per heavy atom. The second kappa shape index (κ2) is 6.35. The molecule has 2 heterocycles. The van der Waals surface area contributed by atoms with Gasteiger partial charge in [0.25, 0.3) is 0 Å². The van der Waals surface area contributed by atoms with Crippen LogP contribution in [0, 0.1) is 5.92 Å². The summed E-state index contributed by atoms with van der Waals surface area (Å²) in [6, 6.07) is 7.83. The summed E-state index contributed by atoms with van der Waals surface area (Å²) in [4.78, 5) is 2.60. The minimum absolute atomic E-state index is 0.778. The first-order valence-corrected chi connectivity index (χ1v) is 8.67. The Morgan fingerprint density at radius 1 is 1.30 bits per heavy atom. The number of hydrogen-bond donors (Lipinski definition) is 1. The third-order valence-corrected chi connectivity index (χ3v) is 6.16. The first-order valence-electron chi connectivity index (χ1n) is 7.50. The Balaban J connectivity index is 1.47. The number of piperidine rings is 1. The van der Waals surface area contributed by atoms with E-state index in [1.165, 1.54) is 31.2 Å². The van der Waals surface area contributed by atoms with Gasteiger partial charge in [0, 0.05) is 23.1 Å². The van der Waals surface area contributed by atoms with Crippen LogP contribution in [0.3, 0.4) is 0 Å². The van der Waals surface area contributed by atoms with Gasteiger partial charge in [0.05, 0.1) is 5.02 Å². The molecule has 2 fully saturated rings. The SMILES string of the molecule is CN1C2CCC1CC(CNCc1ccc(Cl)c(Br)c1)C2. The molecular formula is C16H22BrClN2. The zero-order valence-electron chi connectivity index (χ0n) is 11.9. The molecule has 2 bridgehead atoms. The summed E-state index contributed by atoms with van der Waals surface area (Å²) < 4.78 is 0.982. The smallest absolute Gasteiger partial charge is 0.0548 e. The van der Waals surface area contributed by atoms with Crippen molar-refractivity contribution in [2.75, 3.05) is 13.6 Å². The second-order valence-electron chi connectivity index (χ2n) is 6.27. The summed E-state index contributed by atoms with van der Waals surface area (Å²) in [5, 5.41) is 4.40. The highest BCUT2D eigenvalue weighted by Gasteiger charge is 2.37. The van der Waals surface area contributed by atoms with Crippen LogP contribution in [0.15, 0.2) is 22.7 Å². The molecular weight excluding hydrogens is 336 g/mol. The van der Waals surface area contributed by atoms with Crippen molar-refractivity contribution in [1.29, 1.82) is 0 Å². The monoisotopic (exact) mass is 356 g/mol. The minimum Gasteiger partial charge on any atom is -0.312 e. The maximum atomic E-state index is 6.02. The lowest BCUT2D eigenvalue weighted by molar-refractivity contribution is 0.133. The zero-order valence-corrected chi connectivity index (χ0v) is 14.3. The minimum atomic E-state index is 0.778. The summed E-state index contributed by atoms with van der Waals surface area (Å²) in [7, 11) is 2.30. The van der Waals surface area contributed by atoms with E-state index in [1.54, 1.807) is 0 Å². The molecule has 110 valence electrons. The van der Waals surface area contributed by atoms with E-state index >= 15 is 0 Å². The van der Waals surface area contributed by atoms with Gasteiger partial charge in [-0.2, -0.15) is 0 Å². The van der Waals surface area contributed by atoms with Crippen molar-refractivity contribution in [1.82, 2.24) is 10.2 Å². The van der Waals surface area contributed by atoms with Gasteiger partial charge in [0.1, 0.15) is 0 Å². The van der Waals surface area contributed by atoms with Crippen LogP contribution in [0.25, 0.3) is 0 Å². The van der Waals surface area contributed by atoms with Crippen LogP contribution in [0.4, 0.5) is 0 Å². The summed E-state index contributed by atoms with van der Waals surface area (Å²) >= 11 is 9.50. The van der Waals surface area contributed by atoms with Crippen LogP contribution >= 0.6 is 27.5 Å². The van der Waals surface area contributed by atoms with Gasteiger partial charge in [0.2, 0.25) is 0 Å². The Kier molecular flexibility index (Phi) is 4.71. The van der Waals surface area contributed by atoms with Crippen molar-refractivity contribution < 1.29 is 0 Å². The second-order valence-corrected chi connectivity index (χ2v) is 7.53. The van der Waals surface area contributed by atoms with Gasteiger partial charge in [-0.15, -0.1) is 0 Å². The molecule has 2 aliphatic rings. The van der Waals surface area contributed by atoms with Gasteiger partial charge in [0.15, 0.2) is 0 Å². The van der Waals surface area contributed by atoms with Crippen molar-refractivity contribution in [3.63, 3.8) is 0 Å². The molecule has 0 aromatic heterocycles. The van der Waals surface area contributed by atoms with E-state index in [1.807, 2.05) is 6.07 Å². The highest BCUT2D eigenvalue weighted by molar-refractivity contribution is 9.10. The molecule has 2 atom stereocenters. The largest absolute Gasteiger partial charge is 0.312 e. The third kappa shape index (κ3) is 3.22. The van der Waals surface area contributed by atoms with Gasteiger partial charge in [-0.3, -0.25) is 0 Å². The Bertz CT molecular complexity index is 466. The van der Waals surface area contributed by atoms with E-state index in [9.17, 15) is 0 Å². The maximum absolute atomic E-state index is 6.02. The lowest BCUT2D eigenvalue weighted by Gasteiger charge is -2.36. The number of rotatable bonds is 4. The van der Waals surface area contributed by atoms with Crippen LogP contribution in [-0.4, -0.2) is 30.6 Å². The number of halogens is 2. The van der Waals surface area contributed by atoms with Gasteiger partial charge in [-0.25, -0.2) is 0 Å². The molecule has 0 aliphatic carbocycles. The molecule has 1 aromatic rings. The van der Waals surface area contributed by atoms with E-state index in [2.05, 4.69) is 45.3 Å². The summed E-state index contributed by atoms with van der Waals surface area (Å²) in [6.07, 6.45) is 5.54. The molecule has 2 unspecified atom stereocenters. The van der Waals surface area contributed by atoms with Crippen molar-refractivity contribution >= 4 is 27.5 Å². The van der Waals surface area contributed by atoms with E-state index in [-0.39, 0.29) is 0 Å². The fraction of sp³-hybridized carbons (Fsp3) is 0.625. The number of nitrogens with zero attached hydrogens (tertiary/aromatic N) is 1. The third-order valence-electron chi connectivity index (χ3n) is 4.94.